The van der Waals surface area contributed by atoms with Crippen LogP contribution < -0.4 is 20.1 Å². The normalized spacial score (nSPS) is 14.8. The SMILES string of the molecule is NC1=NC=c2sc3c(c2N1)C=CC=CC=3.O=C(O)C(F)(F)F. The van der Waals surface area contributed by atoms with Gasteiger partial charge in [-0.05, 0) is 6.08 Å². The molecule has 116 valence electrons. The Labute approximate surface area is 126 Å². The lowest BCUT2D eigenvalue weighted by Crippen LogP contribution is -2.27. The lowest BCUT2D eigenvalue weighted by molar-refractivity contribution is -0.192. The first kappa shape index (κ1) is 15.8. The Balaban J connectivity index is 0.000000217. The third-order valence-corrected chi connectivity index (χ3v) is 3.66. The molecule has 0 spiro atoms. The van der Waals surface area contributed by atoms with Gasteiger partial charge in [-0.3, -0.25) is 0 Å². The van der Waals surface area contributed by atoms with Crippen molar-refractivity contribution in [1.29, 1.82) is 0 Å². The average molecular weight is 329 g/mol. The molecule has 0 radical (unpaired) electrons. The molecule has 2 aliphatic rings. The van der Waals surface area contributed by atoms with Gasteiger partial charge in [-0.15, -0.1) is 11.3 Å². The molecule has 1 aliphatic heterocycles. The van der Waals surface area contributed by atoms with E-state index in [9.17, 15) is 13.2 Å². The summed E-state index contributed by atoms with van der Waals surface area (Å²) in [6.45, 7) is 0. The van der Waals surface area contributed by atoms with E-state index in [4.69, 9.17) is 15.6 Å². The van der Waals surface area contributed by atoms with Crippen LogP contribution in [0.25, 0.3) is 18.4 Å². The third kappa shape index (κ3) is 3.55. The highest BCUT2D eigenvalue weighted by molar-refractivity contribution is 7.08. The van der Waals surface area contributed by atoms with E-state index in [1.165, 1.54) is 10.1 Å². The number of carboxylic acids is 1. The van der Waals surface area contributed by atoms with Crippen molar-refractivity contribution in [2.45, 2.75) is 6.18 Å². The lowest BCUT2D eigenvalue weighted by atomic mass is 10.2. The second-order valence-corrected chi connectivity index (χ2v) is 5.19. The van der Waals surface area contributed by atoms with Gasteiger partial charge in [0.2, 0.25) is 0 Å². The highest BCUT2D eigenvalue weighted by atomic mass is 32.1. The zero-order chi connectivity index (χ0) is 16.3. The number of aliphatic imine (C=N–C) groups is 1. The van der Waals surface area contributed by atoms with Crippen molar-refractivity contribution < 1.29 is 23.1 Å². The summed E-state index contributed by atoms with van der Waals surface area (Å²) in [5.74, 6) is -2.30. The molecule has 1 aromatic heterocycles. The van der Waals surface area contributed by atoms with Gasteiger partial charge in [-0.2, -0.15) is 13.2 Å². The van der Waals surface area contributed by atoms with Crippen LogP contribution in [0.3, 0.4) is 0 Å². The number of hydrogen-bond acceptors (Lipinski definition) is 5. The number of aliphatic carboxylic acids is 1. The molecular weight excluding hydrogens is 319 g/mol. The lowest BCUT2D eigenvalue weighted by Gasteiger charge is -2.07. The Kier molecular flexibility index (Phi) is 4.36. The third-order valence-electron chi connectivity index (χ3n) is 2.55. The molecule has 0 aromatic carbocycles. The number of halogens is 3. The van der Waals surface area contributed by atoms with Crippen molar-refractivity contribution in [3.63, 3.8) is 0 Å². The number of nitrogens with one attached hydrogen (secondary N) is 1. The molecular formula is C13H10F3N3O2S. The number of allylic oxidation sites excluding steroid dienone is 3. The average Bonchev–Trinajstić information content (AvgIpc) is 2.61. The van der Waals surface area contributed by atoms with Crippen LogP contribution in [0.4, 0.5) is 18.9 Å². The molecule has 0 saturated heterocycles. The first-order valence-electron chi connectivity index (χ1n) is 5.87. The zero-order valence-electron chi connectivity index (χ0n) is 10.9. The number of hydrogen-bond donors (Lipinski definition) is 3. The Morgan fingerprint density at radius 1 is 1.27 bits per heavy atom. The van der Waals surface area contributed by atoms with Gasteiger partial charge >= 0.3 is 12.1 Å². The summed E-state index contributed by atoms with van der Waals surface area (Å²) in [6.07, 6.45) is 7.00. The summed E-state index contributed by atoms with van der Waals surface area (Å²) < 4.78 is 34.1. The number of rotatable bonds is 0. The van der Waals surface area contributed by atoms with E-state index >= 15 is 0 Å². The molecule has 0 saturated carbocycles. The minimum absolute atomic E-state index is 0.453. The van der Waals surface area contributed by atoms with E-state index in [-0.39, 0.29) is 0 Å². The van der Waals surface area contributed by atoms with Crippen LogP contribution >= 0.6 is 11.3 Å². The maximum atomic E-state index is 10.6. The molecule has 5 nitrogen and oxygen atoms in total. The van der Waals surface area contributed by atoms with Gasteiger partial charge in [0.05, 0.1) is 16.4 Å². The summed E-state index contributed by atoms with van der Waals surface area (Å²) in [5, 5.41) is 10.2. The van der Waals surface area contributed by atoms with Crippen LogP contribution in [0.15, 0.2) is 23.2 Å². The molecule has 0 bridgehead atoms. The first-order chi connectivity index (χ1) is 10.3. The van der Waals surface area contributed by atoms with Crippen molar-refractivity contribution in [2.75, 3.05) is 5.32 Å². The molecule has 2 heterocycles. The van der Waals surface area contributed by atoms with E-state index in [1.807, 2.05) is 24.4 Å². The largest absolute Gasteiger partial charge is 0.490 e. The number of fused-ring (bicyclic) bond motifs is 3. The van der Waals surface area contributed by atoms with Gasteiger partial charge in [-0.25, -0.2) is 9.79 Å². The summed E-state index contributed by atoms with van der Waals surface area (Å²) >= 11 is 1.71. The standard InChI is InChI=1S/C11H9N3S.C2HF3O2/c12-11-13-6-9-10(14-11)7-4-2-1-3-5-8(7)15-9;3-2(4,5)1(6)7/h1-6H,(H3,12,13,14);(H,6,7). The van der Waals surface area contributed by atoms with E-state index in [0.29, 0.717) is 5.96 Å². The van der Waals surface area contributed by atoms with Gasteiger partial charge in [-0.1, -0.05) is 24.3 Å². The van der Waals surface area contributed by atoms with Gasteiger partial charge in [0, 0.05) is 10.1 Å². The van der Waals surface area contributed by atoms with E-state index in [0.717, 1.165) is 10.2 Å². The molecule has 0 fully saturated rings. The number of anilines is 1. The monoisotopic (exact) mass is 329 g/mol. The summed E-state index contributed by atoms with van der Waals surface area (Å²) in [6, 6.07) is 0. The Hall–Kier alpha value is -2.55. The number of thiophene rings is 1. The molecule has 3 rings (SSSR count). The van der Waals surface area contributed by atoms with Crippen molar-refractivity contribution >= 4 is 47.3 Å². The predicted octanol–water partition coefficient (Wildman–Crippen LogP) is 1.22. The smallest absolute Gasteiger partial charge is 0.475 e. The number of carbonyl (C=O) groups is 1. The number of alkyl halides is 3. The van der Waals surface area contributed by atoms with Crippen LogP contribution in [0.5, 0.6) is 0 Å². The van der Waals surface area contributed by atoms with Gasteiger partial charge in [0.25, 0.3) is 0 Å². The highest BCUT2D eigenvalue weighted by Crippen LogP contribution is 2.15. The van der Waals surface area contributed by atoms with Crippen molar-refractivity contribution in [3.05, 3.63) is 32.9 Å². The highest BCUT2D eigenvalue weighted by Gasteiger charge is 2.38. The molecule has 1 aromatic rings. The maximum Gasteiger partial charge on any atom is 0.490 e. The fraction of sp³-hybridized carbons (Fsp3) is 0.0769. The number of carboxylic acid groups (broad SMARTS) is 1. The molecule has 0 atom stereocenters. The van der Waals surface area contributed by atoms with Crippen molar-refractivity contribution in [3.8, 4) is 0 Å². The Morgan fingerprint density at radius 2 is 1.95 bits per heavy atom. The number of nitrogens with zero attached hydrogens (tertiary/aromatic N) is 1. The summed E-state index contributed by atoms with van der Waals surface area (Å²) in [7, 11) is 0. The summed E-state index contributed by atoms with van der Waals surface area (Å²) in [5.41, 5.74) is 7.90. The molecule has 0 unspecified atom stereocenters. The second kappa shape index (κ2) is 6.06. The van der Waals surface area contributed by atoms with E-state index in [2.05, 4.69) is 22.5 Å². The fourth-order valence-corrected chi connectivity index (χ4v) is 2.67. The zero-order valence-corrected chi connectivity index (χ0v) is 11.7. The molecule has 22 heavy (non-hydrogen) atoms. The van der Waals surface area contributed by atoms with Gasteiger partial charge in [0.1, 0.15) is 0 Å². The van der Waals surface area contributed by atoms with Crippen LogP contribution in [-0.2, 0) is 4.79 Å². The maximum absolute atomic E-state index is 10.6. The van der Waals surface area contributed by atoms with Crippen LogP contribution in [-0.4, -0.2) is 23.2 Å². The van der Waals surface area contributed by atoms with E-state index < -0.39 is 12.1 Å². The fourth-order valence-electron chi connectivity index (χ4n) is 1.64. The molecule has 0 amide bonds. The minimum Gasteiger partial charge on any atom is -0.475 e. The van der Waals surface area contributed by atoms with Crippen LogP contribution in [0.2, 0.25) is 0 Å². The summed E-state index contributed by atoms with van der Waals surface area (Å²) in [4.78, 5) is 12.9. The first-order valence-corrected chi connectivity index (χ1v) is 6.69. The Morgan fingerprint density at radius 3 is 2.59 bits per heavy atom. The molecule has 9 heteroatoms. The second-order valence-electron chi connectivity index (χ2n) is 4.10. The number of guanidine groups is 1. The van der Waals surface area contributed by atoms with Gasteiger partial charge in [0.15, 0.2) is 5.96 Å². The van der Waals surface area contributed by atoms with Crippen molar-refractivity contribution in [1.82, 2.24) is 0 Å². The van der Waals surface area contributed by atoms with E-state index in [1.54, 1.807) is 11.3 Å². The van der Waals surface area contributed by atoms with Crippen molar-refractivity contribution in [2.24, 2.45) is 10.7 Å². The Bertz CT molecular complexity index is 804. The van der Waals surface area contributed by atoms with Crippen LogP contribution in [0.1, 0.15) is 5.56 Å². The quantitative estimate of drug-likeness (QED) is 0.668. The van der Waals surface area contributed by atoms with Gasteiger partial charge < -0.3 is 16.2 Å². The topological polar surface area (TPSA) is 87.7 Å². The molecule has 4 N–H and O–H groups in total. The number of nitrogens with two attached hydrogens (primary N) is 1. The van der Waals surface area contributed by atoms with Crippen LogP contribution in [0, 0.1) is 0 Å². The molecule has 1 aliphatic carbocycles. The predicted molar refractivity (Wildman–Crippen MR) is 79.6 cm³/mol. The minimum atomic E-state index is -5.08.